The molecule has 0 aliphatic rings. The number of rotatable bonds is 2. The Morgan fingerprint density at radius 2 is 2.27 bits per heavy atom. The summed E-state index contributed by atoms with van der Waals surface area (Å²) in [6.07, 6.45) is 0. The number of carbonyl (C=O) groups excluding carboxylic acids is 1. The monoisotopic (exact) mass is 193 g/mol. The number of ether oxygens (including phenoxy) is 1. The van der Waals surface area contributed by atoms with E-state index in [0.717, 1.165) is 18.3 Å². The van der Waals surface area contributed by atoms with Gasteiger partial charge in [-0.05, 0) is 13.8 Å². The molecule has 0 spiro atoms. The van der Waals surface area contributed by atoms with Crippen molar-refractivity contribution in [3.8, 4) is 0 Å². The van der Waals surface area contributed by atoms with Crippen molar-refractivity contribution in [3.05, 3.63) is 0 Å². The largest absolute Gasteiger partial charge is 0.458 e. The zero-order chi connectivity index (χ0) is 8.69. The lowest BCUT2D eigenvalue weighted by Crippen LogP contribution is -2.19. The van der Waals surface area contributed by atoms with Crippen molar-refractivity contribution < 1.29 is 9.53 Å². The van der Waals surface area contributed by atoms with Gasteiger partial charge in [-0.15, -0.1) is 0 Å². The van der Waals surface area contributed by atoms with E-state index >= 15 is 0 Å². The lowest BCUT2D eigenvalue weighted by atomic mass is 10.8. The number of nitrogens with one attached hydrogen (secondary N) is 1. The first-order valence-corrected chi connectivity index (χ1v) is 4.55. The minimum Gasteiger partial charge on any atom is -0.458 e. The van der Waals surface area contributed by atoms with Gasteiger partial charge in [0.1, 0.15) is 4.32 Å². The SMILES string of the molecule is CCNC(=S)SC(=O)OCC. The van der Waals surface area contributed by atoms with Gasteiger partial charge >= 0.3 is 5.30 Å². The molecule has 1 N–H and O–H groups in total. The Labute approximate surface area is 75.9 Å². The van der Waals surface area contributed by atoms with E-state index < -0.39 is 0 Å². The van der Waals surface area contributed by atoms with Crippen LogP contribution >= 0.6 is 24.0 Å². The average Bonchev–Trinajstić information content (AvgIpc) is 1.87. The van der Waals surface area contributed by atoms with Crippen molar-refractivity contribution in [1.29, 1.82) is 0 Å². The van der Waals surface area contributed by atoms with Crippen LogP contribution in [0.15, 0.2) is 0 Å². The van der Waals surface area contributed by atoms with E-state index in [-0.39, 0.29) is 5.30 Å². The van der Waals surface area contributed by atoms with E-state index in [1.807, 2.05) is 6.92 Å². The lowest BCUT2D eigenvalue weighted by molar-refractivity contribution is 0.182. The Kier molecular flexibility index (Phi) is 6.25. The zero-order valence-corrected chi connectivity index (χ0v) is 8.18. The van der Waals surface area contributed by atoms with Crippen LogP contribution in [-0.2, 0) is 4.74 Å². The quantitative estimate of drug-likeness (QED) is 0.534. The number of hydrogen-bond donors (Lipinski definition) is 1. The smallest absolute Gasteiger partial charge is 0.374 e. The maximum absolute atomic E-state index is 10.7. The average molecular weight is 193 g/mol. The number of thioether (sulfide) groups is 1. The van der Waals surface area contributed by atoms with E-state index in [0.29, 0.717) is 10.9 Å². The van der Waals surface area contributed by atoms with Gasteiger partial charge in [0.15, 0.2) is 0 Å². The van der Waals surface area contributed by atoms with Gasteiger partial charge in [-0.25, -0.2) is 4.79 Å². The fourth-order valence-electron chi connectivity index (χ4n) is 0.403. The summed E-state index contributed by atoms with van der Waals surface area (Å²) >= 11 is 5.70. The first-order valence-electron chi connectivity index (χ1n) is 3.33. The van der Waals surface area contributed by atoms with Gasteiger partial charge < -0.3 is 10.1 Å². The zero-order valence-electron chi connectivity index (χ0n) is 6.55. The minimum atomic E-state index is -0.349. The summed E-state index contributed by atoms with van der Waals surface area (Å²) < 4.78 is 5.12. The van der Waals surface area contributed by atoms with Gasteiger partial charge in [-0.3, -0.25) is 0 Å². The third-order valence-electron chi connectivity index (χ3n) is 0.759. The topological polar surface area (TPSA) is 38.3 Å². The Balaban J connectivity index is 3.49. The predicted molar refractivity (Wildman–Crippen MR) is 50.9 cm³/mol. The summed E-state index contributed by atoms with van der Waals surface area (Å²) in [5, 5.41) is 2.48. The van der Waals surface area contributed by atoms with E-state index in [4.69, 9.17) is 12.2 Å². The summed E-state index contributed by atoms with van der Waals surface area (Å²) in [6.45, 7) is 4.79. The molecule has 0 heterocycles. The first kappa shape index (κ1) is 10.7. The van der Waals surface area contributed by atoms with Crippen LogP contribution < -0.4 is 5.32 Å². The molecule has 64 valence electrons. The highest BCUT2D eigenvalue weighted by Gasteiger charge is 2.05. The van der Waals surface area contributed by atoms with Crippen LogP contribution in [0.2, 0.25) is 0 Å². The molecule has 5 heteroatoms. The van der Waals surface area contributed by atoms with Crippen LogP contribution in [0.3, 0.4) is 0 Å². The van der Waals surface area contributed by atoms with Crippen LogP contribution in [0.4, 0.5) is 4.79 Å². The highest BCUT2D eigenvalue weighted by molar-refractivity contribution is 8.32. The van der Waals surface area contributed by atoms with Crippen molar-refractivity contribution in [2.75, 3.05) is 13.2 Å². The molecule has 0 saturated carbocycles. The number of hydrogen-bond acceptors (Lipinski definition) is 4. The molecular weight excluding hydrogens is 182 g/mol. The van der Waals surface area contributed by atoms with Crippen LogP contribution in [0.1, 0.15) is 13.8 Å². The Hall–Kier alpha value is -0.290. The molecule has 0 atom stereocenters. The molecule has 0 aromatic rings. The molecule has 0 fully saturated rings. The Bertz CT molecular complexity index is 134. The van der Waals surface area contributed by atoms with E-state index in [2.05, 4.69) is 10.1 Å². The molecule has 0 rings (SSSR count). The normalized spacial score (nSPS) is 8.91. The van der Waals surface area contributed by atoms with Crippen LogP contribution in [0, 0.1) is 0 Å². The third kappa shape index (κ3) is 6.12. The third-order valence-corrected chi connectivity index (χ3v) is 1.77. The van der Waals surface area contributed by atoms with Crippen LogP contribution in [-0.4, -0.2) is 22.8 Å². The van der Waals surface area contributed by atoms with Crippen LogP contribution in [0.5, 0.6) is 0 Å². The van der Waals surface area contributed by atoms with E-state index in [1.54, 1.807) is 6.92 Å². The summed E-state index contributed by atoms with van der Waals surface area (Å²) in [7, 11) is 0. The maximum atomic E-state index is 10.7. The molecule has 11 heavy (non-hydrogen) atoms. The summed E-state index contributed by atoms with van der Waals surface area (Å²) in [5.74, 6) is 0. The minimum absolute atomic E-state index is 0.349. The summed E-state index contributed by atoms with van der Waals surface area (Å²) in [6, 6.07) is 0. The molecule has 0 radical (unpaired) electrons. The summed E-state index contributed by atoms with van der Waals surface area (Å²) in [5.41, 5.74) is 0. The fraction of sp³-hybridized carbons (Fsp3) is 0.667. The molecule has 0 saturated heterocycles. The second-order valence-corrected chi connectivity index (χ2v) is 3.22. The second kappa shape index (κ2) is 6.42. The molecule has 0 aromatic heterocycles. The van der Waals surface area contributed by atoms with Gasteiger partial charge in [-0.2, -0.15) is 0 Å². The van der Waals surface area contributed by atoms with Gasteiger partial charge in [0.2, 0.25) is 0 Å². The maximum Gasteiger partial charge on any atom is 0.374 e. The highest BCUT2D eigenvalue weighted by atomic mass is 32.2. The molecule has 3 nitrogen and oxygen atoms in total. The van der Waals surface area contributed by atoms with Gasteiger partial charge in [0, 0.05) is 18.3 Å². The standard InChI is InChI=1S/C6H11NO2S2/c1-3-7-5(10)11-6(8)9-4-2/h3-4H2,1-2H3,(H,7,10). The summed E-state index contributed by atoms with van der Waals surface area (Å²) in [4.78, 5) is 10.7. The molecular formula is C6H11NO2S2. The van der Waals surface area contributed by atoms with Crippen molar-refractivity contribution in [1.82, 2.24) is 5.32 Å². The second-order valence-electron chi connectivity index (χ2n) is 1.60. The molecule has 0 aliphatic carbocycles. The molecule has 0 amide bonds. The fourth-order valence-corrected chi connectivity index (χ4v) is 1.30. The van der Waals surface area contributed by atoms with Crippen LogP contribution in [0.25, 0.3) is 0 Å². The lowest BCUT2D eigenvalue weighted by Gasteiger charge is -2.02. The first-order chi connectivity index (χ1) is 5.20. The van der Waals surface area contributed by atoms with E-state index in [9.17, 15) is 4.79 Å². The Morgan fingerprint density at radius 3 is 2.73 bits per heavy atom. The molecule has 0 bridgehead atoms. The van der Waals surface area contributed by atoms with Crippen molar-refractivity contribution in [2.24, 2.45) is 0 Å². The molecule has 0 aromatic carbocycles. The van der Waals surface area contributed by atoms with Gasteiger partial charge in [0.05, 0.1) is 6.61 Å². The predicted octanol–water partition coefficient (Wildman–Crippen LogP) is 1.77. The van der Waals surface area contributed by atoms with Gasteiger partial charge in [0.25, 0.3) is 0 Å². The van der Waals surface area contributed by atoms with Crippen molar-refractivity contribution >= 4 is 33.6 Å². The number of thiocarbonyl (C=S) groups is 1. The van der Waals surface area contributed by atoms with Crippen molar-refractivity contribution in [2.45, 2.75) is 13.8 Å². The number of carbonyl (C=O) groups is 1. The Morgan fingerprint density at radius 1 is 1.64 bits per heavy atom. The van der Waals surface area contributed by atoms with E-state index in [1.165, 1.54) is 0 Å². The molecule has 0 aliphatic heterocycles. The highest BCUT2D eigenvalue weighted by Crippen LogP contribution is 2.05. The molecule has 0 unspecified atom stereocenters. The van der Waals surface area contributed by atoms with Gasteiger partial charge in [-0.1, -0.05) is 12.2 Å². The van der Waals surface area contributed by atoms with Crippen molar-refractivity contribution in [3.63, 3.8) is 0 Å².